The molecule has 104 valence electrons. The third-order valence-electron chi connectivity index (χ3n) is 3.40. The summed E-state index contributed by atoms with van der Waals surface area (Å²) >= 11 is 0. The van der Waals surface area contributed by atoms with Crippen LogP contribution in [-0.4, -0.2) is 25.1 Å². The van der Waals surface area contributed by atoms with Gasteiger partial charge in [0.05, 0.1) is 0 Å². The summed E-state index contributed by atoms with van der Waals surface area (Å²) in [4.78, 5) is 4.69. The fourth-order valence-electron chi connectivity index (χ4n) is 2.05. The first-order chi connectivity index (χ1) is 9.19. The Labute approximate surface area is 116 Å². The highest BCUT2D eigenvalue weighted by Crippen LogP contribution is 2.19. The molecule has 0 aromatic heterocycles. The summed E-state index contributed by atoms with van der Waals surface area (Å²) in [7, 11) is 0. The molecule has 0 radical (unpaired) electrons. The van der Waals surface area contributed by atoms with E-state index >= 15 is 0 Å². The molecule has 3 heteroatoms. The van der Waals surface area contributed by atoms with Crippen LogP contribution < -0.4 is 10.6 Å². The summed E-state index contributed by atoms with van der Waals surface area (Å²) in [6, 6.07) is 9.35. The van der Waals surface area contributed by atoms with Crippen LogP contribution in [0.5, 0.6) is 0 Å². The molecular formula is C16H25N3. The van der Waals surface area contributed by atoms with Gasteiger partial charge in [-0.15, -0.1) is 0 Å². The third-order valence-corrected chi connectivity index (χ3v) is 3.40. The minimum absolute atomic E-state index is 0.453. The van der Waals surface area contributed by atoms with E-state index in [1.807, 2.05) is 0 Å². The maximum atomic E-state index is 4.69. The second-order valence-electron chi connectivity index (χ2n) is 5.45. The van der Waals surface area contributed by atoms with Crippen LogP contribution in [-0.2, 0) is 0 Å². The highest BCUT2D eigenvalue weighted by atomic mass is 15.2. The zero-order valence-electron chi connectivity index (χ0n) is 12.2. The van der Waals surface area contributed by atoms with E-state index in [4.69, 9.17) is 4.99 Å². The number of nitrogens with one attached hydrogen (secondary N) is 2. The van der Waals surface area contributed by atoms with Gasteiger partial charge in [0.2, 0.25) is 0 Å². The number of rotatable bonds is 5. The lowest BCUT2D eigenvalue weighted by Crippen LogP contribution is -2.38. The van der Waals surface area contributed by atoms with Gasteiger partial charge < -0.3 is 10.6 Å². The molecule has 1 atom stereocenters. The minimum Gasteiger partial charge on any atom is -0.357 e. The molecule has 1 aliphatic rings. The molecule has 0 heterocycles. The first kappa shape index (κ1) is 13.9. The second kappa shape index (κ2) is 6.60. The van der Waals surface area contributed by atoms with Crippen LogP contribution in [0.4, 0.5) is 0 Å². The lowest BCUT2D eigenvalue weighted by Gasteiger charge is -2.13. The molecule has 0 amide bonds. The number of hydrogen-bond acceptors (Lipinski definition) is 1. The van der Waals surface area contributed by atoms with E-state index in [1.54, 1.807) is 0 Å². The van der Waals surface area contributed by atoms with Crippen LogP contribution in [0.1, 0.15) is 43.7 Å². The van der Waals surface area contributed by atoms with Crippen molar-refractivity contribution in [2.45, 2.75) is 45.6 Å². The van der Waals surface area contributed by atoms with Crippen molar-refractivity contribution in [3.05, 3.63) is 35.4 Å². The van der Waals surface area contributed by atoms with Crippen molar-refractivity contribution in [2.24, 2.45) is 4.99 Å². The van der Waals surface area contributed by atoms with E-state index in [2.05, 4.69) is 55.7 Å². The summed E-state index contributed by atoms with van der Waals surface area (Å²) in [6.07, 6.45) is 2.55. The summed E-state index contributed by atoms with van der Waals surface area (Å²) < 4.78 is 0. The molecule has 0 saturated heterocycles. The molecule has 1 saturated carbocycles. The second-order valence-corrected chi connectivity index (χ2v) is 5.45. The average molecular weight is 259 g/mol. The number of guanidine groups is 1. The van der Waals surface area contributed by atoms with E-state index < -0.39 is 0 Å². The molecular weight excluding hydrogens is 234 g/mol. The standard InChI is InChI=1S/C16H25N3/c1-4-17-16(19-15-8-9-15)18-11-13(3)14-7-5-6-12(2)10-14/h5-7,10,13,15H,4,8-9,11H2,1-3H3,(H2,17,18,19). The van der Waals surface area contributed by atoms with Gasteiger partial charge in [-0.2, -0.15) is 0 Å². The summed E-state index contributed by atoms with van der Waals surface area (Å²) in [5, 5.41) is 6.76. The zero-order chi connectivity index (χ0) is 13.7. The first-order valence-electron chi connectivity index (χ1n) is 7.30. The predicted molar refractivity (Wildman–Crippen MR) is 81.7 cm³/mol. The summed E-state index contributed by atoms with van der Waals surface area (Å²) in [5.41, 5.74) is 2.68. The molecule has 2 N–H and O–H groups in total. The number of hydrogen-bond donors (Lipinski definition) is 2. The monoisotopic (exact) mass is 259 g/mol. The largest absolute Gasteiger partial charge is 0.357 e. The van der Waals surface area contributed by atoms with Gasteiger partial charge in [0, 0.05) is 25.0 Å². The molecule has 19 heavy (non-hydrogen) atoms. The van der Waals surface area contributed by atoms with E-state index in [1.165, 1.54) is 24.0 Å². The Morgan fingerprint density at radius 1 is 1.42 bits per heavy atom. The highest BCUT2D eigenvalue weighted by molar-refractivity contribution is 5.80. The fourth-order valence-corrected chi connectivity index (χ4v) is 2.05. The van der Waals surface area contributed by atoms with Gasteiger partial charge in [-0.3, -0.25) is 4.99 Å². The summed E-state index contributed by atoms with van der Waals surface area (Å²) in [6.45, 7) is 8.22. The van der Waals surface area contributed by atoms with Crippen LogP contribution in [0.3, 0.4) is 0 Å². The molecule has 0 spiro atoms. The zero-order valence-corrected chi connectivity index (χ0v) is 12.2. The van der Waals surface area contributed by atoms with Crippen LogP contribution in [0.25, 0.3) is 0 Å². The van der Waals surface area contributed by atoms with Crippen LogP contribution >= 0.6 is 0 Å². The van der Waals surface area contributed by atoms with Gasteiger partial charge >= 0.3 is 0 Å². The van der Waals surface area contributed by atoms with E-state index in [9.17, 15) is 0 Å². The van der Waals surface area contributed by atoms with E-state index in [0.29, 0.717) is 12.0 Å². The van der Waals surface area contributed by atoms with Gasteiger partial charge in [0.25, 0.3) is 0 Å². The lowest BCUT2D eigenvalue weighted by molar-refractivity contribution is 0.747. The smallest absolute Gasteiger partial charge is 0.191 e. The number of aliphatic imine (C=N–C) groups is 1. The van der Waals surface area contributed by atoms with E-state index in [0.717, 1.165) is 19.0 Å². The maximum absolute atomic E-state index is 4.69. The topological polar surface area (TPSA) is 36.4 Å². The van der Waals surface area contributed by atoms with Crippen LogP contribution in [0.15, 0.2) is 29.3 Å². The Morgan fingerprint density at radius 3 is 2.84 bits per heavy atom. The van der Waals surface area contributed by atoms with Gasteiger partial charge in [-0.1, -0.05) is 36.8 Å². The fraction of sp³-hybridized carbons (Fsp3) is 0.562. The van der Waals surface area contributed by atoms with Gasteiger partial charge in [-0.25, -0.2) is 0 Å². The summed E-state index contributed by atoms with van der Waals surface area (Å²) in [5.74, 6) is 1.42. The van der Waals surface area contributed by atoms with Crippen molar-refractivity contribution in [3.8, 4) is 0 Å². The van der Waals surface area contributed by atoms with E-state index in [-0.39, 0.29) is 0 Å². The molecule has 0 aliphatic heterocycles. The normalized spacial score (nSPS) is 17.1. The van der Waals surface area contributed by atoms with Crippen molar-refractivity contribution in [1.29, 1.82) is 0 Å². The Kier molecular flexibility index (Phi) is 4.83. The predicted octanol–water partition coefficient (Wildman–Crippen LogP) is 2.82. The van der Waals surface area contributed by atoms with Gasteiger partial charge in [0.15, 0.2) is 5.96 Å². The Hall–Kier alpha value is -1.51. The quantitative estimate of drug-likeness (QED) is 0.630. The van der Waals surface area contributed by atoms with Crippen molar-refractivity contribution in [1.82, 2.24) is 10.6 Å². The average Bonchev–Trinajstić information content (AvgIpc) is 3.20. The Balaban J connectivity index is 1.93. The minimum atomic E-state index is 0.453. The third kappa shape index (κ3) is 4.58. The highest BCUT2D eigenvalue weighted by Gasteiger charge is 2.22. The van der Waals surface area contributed by atoms with Crippen LogP contribution in [0, 0.1) is 6.92 Å². The molecule has 2 rings (SSSR count). The Morgan fingerprint density at radius 2 is 2.21 bits per heavy atom. The van der Waals surface area contributed by atoms with Crippen molar-refractivity contribution in [3.63, 3.8) is 0 Å². The van der Waals surface area contributed by atoms with Crippen LogP contribution in [0.2, 0.25) is 0 Å². The first-order valence-corrected chi connectivity index (χ1v) is 7.30. The van der Waals surface area contributed by atoms with Gasteiger partial charge in [0.1, 0.15) is 0 Å². The number of benzene rings is 1. The van der Waals surface area contributed by atoms with Crippen molar-refractivity contribution < 1.29 is 0 Å². The van der Waals surface area contributed by atoms with Gasteiger partial charge in [-0.05, 0) is 32.3 Å². The Bertz CT molecular complexity index is 435. The molecule has 1 unspecified atom stereocenters. The lowest BCUT2D eigenvalue weighted by atomic mass is 10.00. The number of nitrogens with zero attached hydrogens (tertiary/aromatic N) is 1. The van der Waals surface area contributed by atoms with Crippen molar-refractivity contribution >= 4 is 5.96 Å². The molecule has 1 aromatic carbocycles. The number of aryl methyl sites for hydroxylation is 1. The van der Waals surface area contributed by atoms with Crippen molar-refractivity contribution in [2.75, 3.05) is 13.1 Å². The molecule has 1 fully saturated rings. The SMILES string of the molecule is CCNC(=NCC(C)c1cccc(C)c1)NC1CC1. The molecule has 1 aromatic rings. The molecule has 3 nitrogen and oxygen atoms in total. The molecule has 0 bridgehead atoms. The maximum Gasteiger partial charge on any atom is 0.191 e. The molecule has 1 aliphatic carbocycles.